The lowest BCUT2D eigenvalue weighted by Crippen LogP contribution is -1.89. The molecule has 0 fully saturated rings. The smallest absolute Gasteiger partial charge is 0.129 e. The molecule has 2 nitrogen and oxygen atoms in total. The van der Waals surface area contributed by atoms with Gasteiger partial charge in [-0.25, -0.2) is 4.99 Å². The SMILES string of the molecule is C=C(/C=C(/Cl)N=CC)C(=C)c1ccc(Cl)cn1. The Balaban J connectivity index is 2.87. The minimum atomic E-state index is 0.354. The van der Waals surface area contributed by atoms with E-state index in [1.54, 1.807) is 37.5 Å². The van der Waals surface area contributed by atoms with Crippen LogP contribution in [0.2, 0.25) is 5.02 Å². The molecule has 0 amide bonds. The van der Waals surface area contributed by atoms with E-state index < -0.39 is 0 Å². The summed E-state index contributed by atoms with van der Waals surface area (Å²) in [5.41, 5.74) is 2.06. The zero-order valence-corrected chi connectivity index (χ0v) is 11.0. The zero-order valence-electron chi connectivity index (χ0n) is 9.45. The number of halogens is 2. The molecule has 1 heterocycles. The summed E-state index contributed by atoms with van der Waals surface area (Å²) < 4.78 is 0. The van der Waals surface area contributed by atoms with Crippen LogP contribution in [0, 0.1) is 0 Å². The van der Waals surface area contributed by atoms with Crippen molar-refractivity contribution in [3.8, 4) is 0 Å². The van der Waals surface area contributed by atoms with E-state index in [-0.39, 0.29) is 0 Å². The topological polar surface area (TPSA) is 25.2 Å². The van der Waals surface area contributed by atoms with E-state index in [0.717, 1.165) is 0 Å². The number of nitrogens with zero attached hydrogens (tertiary/aromatic N) is 2. The van der Waals surface area contributed by atoms with Gasteiger partial charge in [-0.15, -0.1) is 0 Å². The second-order valence-electron chi connectivity index (χ2n) is 3.22. The number of aromatic nitrogens is 1. The van der Waals surface area contributed by atoms with Crippen molar-refractivity contribution in [3.63, 3.8) is 0 Å². The summed E-state index contributed by atoms with van der Waals surface area (Å²) in [5, 5.41) is 0.934. The molecule has 0 N–H and O–H groups in total. The fourth-order valence-corrected chi connectivity index (χ4v) is 1.45. The second-order valence-corrected chi connectivity index (χ2v) is 4.04. The molecule has 0 spiro atoms. The maximum Gasteiger partial charge on any atom is 0.129 e. The molecule has 0 aliphatic carbocycles. The molecule has 0 saturated carbocycles. The third kappa shape index (κ3) is 4.17. The summed E-state index contributed by atoms with van der Waals surface area (Å²) in [6, 6.07) is 3.53. The molecular weight excluding hydrogens is 255 g/mol. The lowest BCUT2D eigenvalue weighted by Gasteiger charge is -2.04. The van der Waals surface area contributed by atoms with Crippen molar-refractivity contribution in [1.29, 1.82) is 0 Å². The molecule has 17 heavy (non-hydrogen) atoms. The van der Waals surface area contributed by atoms with E-state index in [0.29, 0.717) is 27.0 Å². The molecule has 0 aromatic carbocycles. The Kier molecular flexibility index (Phi) is 5.13. The molecule has 0 aliphatic rings. The van der Waals surface area contributed by atoms with Gasteiger partial charge in [0.15, 0.2) is 0 Å². The largest absolute Gasteiger partial charge is 0.255 e. The number of hydrogen-bond acceptors (Lipinski definition) is 2. The molecule has 1 rings (SSSR count). The number of aliphatic imine (C=N–C) groups is 1. The Bertz CT molecular complexity index is 485. The Morgan fingerprint density at radius 1 is 1.41 bits per heavy atom. The van der Waals surface area contributed by atoms with Gasteiger partial charge in [0.05, 0.1) is 10.7 Å². The fraction of sp³-hybridized carbons (Fsp3) is 0.0769. The van der Waals surface area contributed by atoms with Gasteiger partial charge in [0.1, 0.15) is 5.16 Å². The van der Waals surface area contributed by atoms with Crippen LogP contribution in [0.3, 0.4) is 0 Å². The Morgan fingerprint density at radius 3 is 2.65 bits per heavy atom. The van der Waals surface area contributed by atoms with E-state index in [1.807, 2.05) is 0 Å². The number of allylic oxidation sites excluding steroid dienone is 3. The lowest BCUT2D eigenvalue weighted by atomic mass is 10.1. The first-order chi connectivity index (χ1) is 8.04. The maximum atomic E-state index is 5.85. The first kappa shape index (κ1) is 13.7. The standard InChI is InChI=1S/C13H12Cl2N2/c1-4-16-13(15)7-9(2)10(3)12-6-5-11(14)8-17-12/h4-8H,2-3H2,1H3/b13-7-,16-4?. The van der Waals surface area contributed by atoms with E-state index in [9.17, 15) is 0 Å². The molecular formula is C13H12Cl2N2. The van der Waals surface area contributed by atoms with Crippen molar-refractivity contribution >= 4 is 35.0 Å². The predicted molar refractivity (Wildman–Crippen MR) is 75.5 cm³/mol. The first-order valence-corrected chi connectivity index (χ1v) is 5.66. The Hall–Kier alpha value is -1.38. The molecule has 0 bridgehead atoms. The van der Waals surface area contributed by atoms with Crippen LogP contribution in [-0.4, -0.2) is 11.2 Å². The van der Waals surface area contributed by atoms with Crippen LogP contribution in [0.4, 0.5) is 0 Å². The minimum absolute atomic E-state index is 0.354. The molecule has 0 atom stereocenters. The van der Waals surface area contributed by atoms with Crippen molar-refractivity contribution in [1.82, 2.24) is 4.98 Å². The molecule has 0 saturated heterocycles. The zero-order chi connectivity index (χ0) is 12.8. The molecule has 0 aliphatic heterocycles. The summed E-state index contributed by atoms with van der Waals surface area (Å²) in [5.74, 6) is 0. The molecule has 88 valence electrons. The molecule has 1 aromatic heterocycles. The van der Waals surface area contributed by atoms with E-state index in [2.05, 4.69) is 23.1 Å². The Morgan fingerprint density at radius 2 is 2.12 bits per heavy atom. The van der Waals surface area contributed by atoms with Gasteiger partial charge in [0.2, 0.25) is 0 Å². The van der Waals surface area contributed by atoms with Crippen molar-refractivity contribution in [2.24, 2.45) is 4.99 Å². The fourth-order valence-electron chi connectivity index (χ4n) is 1.11. The average molecular weight is 267 g/mol. The highest BCUT2D eigenvalue weighted by atomic mass is 35.5. The van der Waals surface area contributed by atoms with Gasteiger partial charge in [-0.3, -0.25) is 4.98 Å². The number of hydrogen-bond donors (Lipinski definition) is 0. The maximum absolute atomic E-state index is 5.85. The van der Waals surface area contributed by atoms with Gasteiger partial charge in [0, 0.05) is 12.4 Å². The van der Waals surface area contributed by atoms with Crippen molar-refractivity contribution < 1.29 is 0 Å². The summed E-state index contributed by atoms with van der Waals surface area (Å²) in [6.45, 7) is 9.56. The van der Waals surface area contributed by atoms with Crippen molar-refractivity contribution in [3.05, 3.63) is 59.0 Å². The van der Waals surface area contributed by atoms with Gasteiger partial charge in [-0.05, 0) is 36.3 Å². The summed E-state index contributed by atoms with van der Waals surface area (Å²) in [7, 11) is 0. The third-order valence-corrected chi connectivity index (χ3v) is 2.40. The quantitative estimate of drug-likeness (QED) is 0.448. The van der Waals surface area contributed by atoms with Crippen LogP contribution in [0.1, 0.15) is 12.6 Å². The van der Waals surface area contributed by atoms with Gasteiger partial charge in [-0.2, -0.15) is 0 Å². The second kappa shape index (κ2) is 6.38. The normalized spacial score (nSPS) is 11.8. The minimum Gasteiger partial charge on any atom is -0.255 e. The highest BCUT2D eigenvalue weighted by molar-refractivity contribution is 6.30. The highest BCUT2D eigenvalue weighted by Gasteiger charge is 2.03. The average Bonchev–Trinajstić information content (AvgIpc) is 2.29. The van der Waals surface area contributed by atoms with Crippen LogP contribution in [0.5, 0.6) is 0 Å². The highest BCUT2D eigenvalue weighted by Crippen LogP contribution is 2.22. The van der Waals surface area contributed by atoms with E-state index >= 15 is 0 Å². The molecule has 4 heteroatoms. The monoisotopic (exact) mass is 266 g/mol. The van der Waals surface area contributed by atoms with Gasteiger partial charge in [0.25, 0.3) is 0 Å². The molecule has 0 radical (unpaired) electrons. The summed E-state index contributed by atoms with van der Waals surface area (Å²) >= 11 is 11.6. The van der Waals surface area contributed by atoms with Crippen molar-refractivity contribution in [2.45, 2.75) is 6.92 Å². The van der Waals surface area contributed by atoms with E-state index in [1.165, 1.54) is 0 Å². The summed E-state index contributed by atoms with van der Waals surface area (Å²) in [6.07, 6.45) is 4.81. The summed E-state index contributed by atoms with van der Waals surface area (Å²) in [4.78, 5) is 8.06. The molecule has 1 aromatic rings. The van der Waals surface area contributed by atoms with Crippen LogP contribution in [0.15, 0.2) is 53.3 Å². The van der Waals surface area contributed by atoms with E-state index in [4.69, 9.17) is 23.2 Å². The van der Waals surface area contributed by atoms with Crippen LogP contribution >= 0.6 is 23.2 Å². The predicted octanol–water partition coefficient (Wildman–Crippen LogP) is 4.48. The van der Waals surface area contributed by atoms with Gasteiger partial charge < -0.3 is 0 Å². The third-order valence-electron chi connectivity index (χ3n) is 1.97. The van der Waals surface area contributed by atoms with Crippen LogP contribution < -0.4 is 0 Å². The lowest BCUT2D eigenvalue weighted by molar-refractivity contribution is 1.28. The van der Waals surface area contributed by atoms with Crippen LogP contribution in [-0.2, 0) is 0 Å². The molecule has 0 unspecified atom stereocenters. The Labute approximate surface area is 111 Å². The van der Waals surface area contributed by atoms with Gasteiger partial charge in [-0.1, -0.05) is 36.4 Å². The van der Waals surface area contributed by atoms with Gasteiger partial charge >= 0.3 is 0 Å². The first-order valence-electron chi connectivity index (χ1n) is 4.90. The number of pyridine rings is 1. The van der Waals surface area contributed by atoms with Crippen LogP contribution in [0.25, 0.3) is 5.57 Å². The number of rotatable bonds is 4. The van der Waals surface area contributed by atoms with Crippen molar-refractivity contribution in [2.75, 3.05) is 0 Å².